The van der Waals surface area contributed by atoms with E-state index in [9.17, 15) is 4.79 Å². The number of nitrogens with zero attached hydrogens (tertiary/aromatic N) is 3. The Hall–Kier alpha value is -3.30. The van der Waals surface area contributed by atoms with Gasteiger partial charge in [0.25, 0.3) is 5.91 Å². The first-order valence-electron chi connectivity index (χ1n) is 11.5. The fraction of sp³-hybridized carbons (Fsp3) is 0.385. The molecule has 0 bridgehead atoms. The minimum atomic E-state index is -0.736. The number of amides is 1. The van der Waals surface area contributed by atoms with Gasteiger partial charge in [-0.2, -0.15) is 0 Å². The van der Waals surface area contributed by atoms with Gasteiger partial charge >= 0.3 is 0 Å². The molecule has 1 unspecified atom stereocenters. The number of ether oxygens (including phenoxy) is 1. The van der Waals surface area contributed by atoms with Gasteiger partial charge in [0.2, 0.25) is 0 Å². The van der Waals surface area contributed by atoms with E-state index in [1.54, 1.807) is 19.1 Å². The molecule has 1 amide bonds. The highest BCUT2D eigenvalue weighted by atomic mass is 35.5. The lowest BCUT2D eigenvalue weighted by atomic mass is 10.0. The van der Waals surface area contributed by atoms with Crippen LogP contribution in [-0.2, 0) is 25.9 Å². The van der Waals surface area contributed by atoms with Crippen LogP contribution in [0.2, 0.25) is 0 Å². The lowest BCUT2D eigenvalue weighted by Crippen LogP contribution is -2.29. The molecule has 1 aliphatic rings. The molecule has 1 fully saturated rings. The van der Waals surface area contributed by atoms with Crippen molar-refractivity contribution < 1.29 is 24.0 Å². The predicted octanol–water partition coefficient (Wildman–Crippen LogP) is 4.69. The molecule has 1 atom stereocenters. The Bertz CT molecular complexity index is 1200. The standard InChI is InChI=1S/C26H30Cl2N4O5/c1-17(30-37-14-19-8-6-7-9-21(19)23(32-35-5)24(33)29-3)22(31-34-4)18-10-12-20(13-11-18)36-16-25(2)15-26(25,27)28/h6-13H,14-16H2,1-5H3,(H,29,33)/b30-17+,31-22-,32-23+. The molecule has 198 valence electrons. The lowest BCUT2D eigenvalue weighted by Gasteiger charge is -2.14. The molecule has 1 aliphatic carbocycles. The molecular weight excluding hydrogens is 519 g/mol. The fourth-order valence-corrected chi connectivity index (χ4v) is 4.21. The topological polar surface area (TPSA) is 103 Å². The monoisotopic (exact) mass is 548 g/mol. The van der Waals surface area contributed by atoms with Gasteiger partial charge in [0.15, 0.2) is 5.71 Å². The largest absolute Gasteiger partial charge is 0.493 e. The van der Waals surface area contributed by atoms with E-state index in [1.807, 2.05) is 43.3 Å². The summed E-state index contributed by atoms with van der Waals surface area (Å²) >= 11 is 12.4. The van der Waals surface area contributed by atoms with E-state index in [-0.39, 0.29) is 23.6 Å². The van der Waals surface area contributed by atoms with Crippen LogP contribution in [0.4, 0.5) is 0 Å². The zero-order valence-corrected chi connectivity index (χ0v) is 22.9. The first kappa shape index (κ1) is 28.3. The van der Waals surface area contributed by atoms with Crippen molar-refractivity contribution in [3.8, 4) is 5.75 Å². The van der Waals surface area contributed by atoms with Crippen LogP contribution in [0, 0.1) is 5.41 Å². The normalized spacial score (nSPS) is 19.2. The average Bonchev–Trinajstić information content (AvgIpc) is 3.41. The average molecular weight is 549 g/mol. The highest BCUT2D eigenvalue weighted by Gasteiger charge is 2.63. The van der Waals surface area contributed by atoms with Gasteiger partial charge in [-0.15, -0.1) is 23.2 Å². The van der Waals surface area contributed by atoms with Crippen molar-refractivity contribution in [2.24, 2.45) is 20.9 Å². The van der Waals surface area contributed by atoms with Crippen LogP contribution in [0.1, 0.15) is 37.0 Å². The first-order valence-corrected chi connectivity index (χ1v) is 12.2. The SMILES string of the molecule is CNC(=O)/C(=N/OC)c1ccccc1CO/N=C(C)/C(=N/OC)c1ccc(OCC2(C)CC2(Cl)Cl)cc1. The molecule has 0 aromatic heterocycles. The molecule has 11 heteroatoms. The Labute approximate surface area is 226 Å². The minimum absolute atomic E-state index is 0.0850. The number of oxime groups is 3. The summed E-state index contributed by atoms with van der Waals surface area (Å²) in [6.07, 6.45) is 0.693. The number of rotatable bonds is 12. The fourth-order valence-electron chi connectivity index (χ4n) is 3.51. The Morgan fingerprint density at radius 2 is 1.62 bits per heavy atom. The lowest BCUT2D eigenvalue weighted by molar-refractivity contribution is -0.114. The maximum Gasteiger partial charge on any atom is 0.273 e. The molecule has 3 rings (SSSR count). The number of alkyl halides is 2. The Morgan fingerprint density at radius 1 is 1.00 bits per heavy atom. The molecule has 0 aliphatic heterocycles. The van der Waals surface area contributed by atoms with Gasteiger partial charge in [0, 0.05) is 29.2 Å². The van der Waals surface area contributed by atoms with Gasteiger partial charge in [-0.05, 0) is 37.6 Å². The van der Waals surface area contributed by atoms with Crippen molar-refractivity contribution in [1.82, 2.24) is 5.32 Å². The summed E-state index contributed by atoms with van der Waals surface area (Å²) < 4.78 is 5.13. The number of carbonyl (C=O) groups is 1. The molecule has 9 nitrogen and oxygen atoms in total. The second-order valence-electron chi connectivity index (χ2n) is 8.69. The number of hydrogen-bond acceptors (Lipinski definition) is 8. The molecule has 0 saturated heterocycles. The maximum atomic E-state index is 12.3. The summed E-state index contributed by atoms with van der Waals surface area (Å²) in [4.78, 5) is 27.8. The summed E-state index contributed by atoms with van der Waals surface area (Å²) in [5.74, 6) is 0.302. The van der Waals surface area contributed by atoms with E-state index in [0.29, 0.717) is 41.3 Å². The number of halogens is 2. The van der Waals surface area contributed by atoms with Gasteiger partial charge in [0.1, 0.15) is 42.3 Å². The van der Waals surface area contributed by atoms with E-state index in [1.165, 1.54) is 21.3 Å². The minimum Gasteiger partial charge on any atom is -0.493 e. The van der Waals surface area contributed by atoms with Gasteiger partial charge in [-0.3, -0.25) is 4.79 Å². The number of likely N-dealkylation sites (N-methyl/N-ethyl adjacent to an activating group) is 1. The van der Waals surface area contributed by atoms with Crippen molar-refractivity contribution in [2.45, 2.75) is 31.2 Å². The summed E-state index contributed by atoms with van der Waals surface area (Å²) in [6, 6.07) is 14.6. The highest BCUT2D eigenvalue weighted by Crippen LogP contribution is 2.63. The van der Waals surface area contributed by atoms with Gasteiger partial charge in [0.05, 0.1) is 6.61 Å². The number of carbonyl (C=O) groups excluding carboxylic acids is 1. The summed E-state index contributed by atoms with van der Waals surface area (Å²) in [6.45, 7) is 4.25. The molecule has 1 saturated carbocycles. The van der Waals surface area contributed by atoms with Gasteiger partial charge in [-0.1, -0.05) is 46.7 Å². The zero-order valence-electron chi connectivity index (χ0n) is 21.4. The third-order valence-electron chi connectivity index (χ3n) is 5.90. The van der Waals surface area contributed by atoms with Crippen molar-refractivity contribution >= 4 is 46.2 Å². The predicted molar refractivity (Wildman–Crippen MR) is 145 cm³/mol. The second kappa shape index (κ2) is 12.3. The third kappa shape index (κ3) is 6.93. The number of benzene rings is 2. The molecule has 0 radical (unpaired) electrons. The van der Waals surface area contributed by atoms with E-state index < -0.39 is 4.33 Å². The van der Waals surface area contributed by atoms with E-state index >= 15 is 0 Å². The Morgan fingerprint density at radius 3 is 2.22 bits per heavy atom. The number of hydrogen-bond donors (Lipinski definition) is 1. The van der Waals surface area contributed by atoms with Crippen LogP contribution in [0.3, 0.4) is 0 Å². The molecule has 0 heterocycles. The van der Waals surface area contributed by atoms with Gasteiger partial charge in [-0.25, -0.2) is 0 Å². The molecule has 1 N–H and O–H groups in total. The second-order valence-corrected chi connectivity index (χ2v) is 10.2. The molecule has 2 aromatic rings. The van der Waals surface area contributed by atoms with Crippen molar-refractivity contribution in [3.63, 3.8) is 0 Å². The quantitative estimate of drug-likeness (QED) is 0.235. The van der Waals surface area contributed by atoms with Crippen molar-refractivity contribution in [2.75, 3.05) is 27.9 Å². The molecule has 0 spiro atoms. The summed E-state index contributed by atoms with van der Waals surface area (Å²) in [5.41, 5.74) is 2.88. The van der Waals surface area contributed by atoms with Crippen LogP contribution >= 0.6 is 23.2 Å². The van der Waals surface area contributed by atoms with Gasteiger partial charge < -0.3 is 24.6 Å². The summed E-state index contributed by atoms with van der Waals surface area (Å²) in [5, 5.41) is 14.7. The zero-order chi connectivity index (χ0) is 27.1. The smallest absolute Gasteiger partial charge is 0.273 e. The number of nitrogens with one attached hydrogen (secondary N) is 1. The van der Waals surface area contributed by atoms with Crippen LogP contribution in [0.15, 0.2) is 64.0 Å². The maximum absolute atomic E-state index is 12.3. The van der Waals surface area contributed by atoms with Crippen molar-refractivity contribution in [3.05, 3.63) is 65.2 Å². The van der Waals surface area contributed by atoms with Crippen LogP contribution < -0.4 is 10.1 Å². The van der Waals surface area contributed by atoms with Crippen LogP contribution in [0.5, 0.6) is 5.75 Å². The van der Waals surface area contributed by atoms with Crippen LogP contribution in [0.25, 0.3) is 0 Å². The first-order chi connectivity index (χ1) is 17.7. The molecular formula is C26H30Cl2N4O5. The van der Waals surface area contributed by atoms with Crippen molar-refractivity contribution in [1.29, 1.82) is 0 Å². The third-order valence-corrected chi connectivity index (χ3v) is 7.08. The summed E-state index contributed by atoms with van der Waals surface area (Å²) in [7, 11) is 4.35. The molecule has 37 heavy (non-hydrogen) atoms. The highest BCUT2D eigenvalue weighted by molar-refractivity contribution is 6.51. The molecule has 2 aromatic carbocycles. The Balaban J connectivity index is 1.70. The van der Waals surface area contributed by atoms with E-state index in [0.717, 1.165) is 5.56 Å². The van der Waals surface area contributed by atoms with E-state index in [4.69, 9.17) is 42.5 Å². The van der Waals surface area contributed by atoms with Crippen LogP contribution in [-0.4, -0.2) is 55.2 Å². The Kier molecular flexibility index (Phi) is 9.39. The van der Waals surface area contributed by atoms with E-state index in [2.05, 4.69) is 20.8 Å².